The van der Waals surface area contributed by atoms with Crippen molar-refractivity contribution in [1.29, 1.82) is 0 Å². The summed E-state index contributed by atoms with van der Waals surface area (Å²) in [6, 6.07) is 11.8. The number of hydrogen-bond acceptors (Lipinski definition) is 7. The molecule has 0 spiro atoms. The zero-order valence-electron chi connectivity index (χ0n) is 17.8. The maximum atomic E-state index is 13.2. The van der Waals surface area contributed by atoms with E-state index in [-0.39, 0.29) is 9.92 Å². The normalized spacial score (nSPS) is 12.1. The first-order chi connectivity index (χ1) is 14.2. The van der Waals surface area contributed by atoms with Gasteiger partial charge in [-0.3, -0.25) is 0 Å². The zero-order chi connectivity index (χ0) is 22.1. The Labute approximate surface area is 176 Å². The van der Waals surface area contributed by atoms with Gasteiger partial charge in [-0.15, -0.1) is 5.10 Å². The van der Waals surface area contributed by atoms with Crippen LogP contribution in [0.2, 0.25) is 0 Å². The fourth-order valence-electron chi connectivity index (χ4n) is 3.02. The van der Waals surface area contributed by atoms with Crippen molar-refractivity contribution >= 4 is 9.84 Å². The summed E-state index contributed by atoms with van der Waals surface area (Å²) in [5.41, 5.74) is 1.23. The van der Waals surface area contributed by atoms with Crippen molar-refractivity contribution in [2.75, 3.05) is 21.3 Å². The molecule has 0 amide bonds. The maximum Gasteiger partial charge on any atom is 0.227 e. The molecule has 1 aromatic heterocycles. The first kappa shape index (κ1) is 21.8. The smallest absolute Gasteiger partial charge is 0.227 e. The summed E-state index contributed by atoms with van der Waals surface area (Å²) in [4.78, 5) is 0.130. The highest BCUT2D eigenvalue weighted by molar-refractivity contribution is 7.91. The summed E-state index contributed by atoms with van der Waals surface area (Å²) in [5, 5.41) is 7.91. The van der Waals surface area contributed by atoms with Crippen LogP contribution in [0.3, 0.4) is 0 Å². The van der Waals surface area contributed by atoms with Crippen LogP contribution in [-0.2, 0) is 20.2 Å². The molecule has 30 heavy (non-hydrogen) atoms. The maximum absolute atomic E-state index is 13.2. The molecule has 8 nitrogen and oxygen atoms in total. The van der Waals surface area contributed by atoms with Gasteiger partial charge < -0.3 is 14.2 Å². The molecule has 0 unspecified atom stereocenters. The minimum Gasteiger partial charge on any atom is -0.497 e. The lowest BCUT2D eigenvalue weighted by Crippen LogP contribution is -2.19. The van der Waals surface area contributed by atoms with Crippen molar-refractivity contribution in [3.8, 4) is 17.2 Å². The van der Waals surface area contributed by atoms with E-state index in [0.717, 1.165) is 5.56 Å². The first-order valence-corrected chi connectivity index (χ1v) is 10.7. The Bertz CT molecular complexity index is 1150. The van der Waals surface area contributed by atoms with Crippen molar-refractivity contribution in [2.45, 2.75) is 36.3 Å². The van der Waals surface area contributed by atoms with Crippen molar-refractivity contribution in [1.82, 2.24) is 15.0 Å². The molecule has 3 rings (SSSR count). The lowest BCUT2D eigenvalue weighted by atomic mass is 9.98. The molecule has 160 valence electrons. The van der Waals surface area contributed by atoms with Gasteiger partial charge in [-0.25, -0.2) is 13.1 Å². The second kappa shape index (κ2) is 8.08. The monoisotopic (exact) mass is 431 g/mol. The molecule has 0 aliphatic rings. The summed E-state index contributed by atoms with van der Waals surface area (Å²) in [6.45, 7) is 5.47. The van der Waals surface area contributed by atoms with E-state index in [1.165, 1.54) is 11.8 Å². The molecule has 1 heterocycles. The van der Waals surface area contributed by atoms with Crippen LogP contribution in [0.4, 0.5) is 0 Å². The van der Waals surface area contributed by atoms with Gasteiger partial charge in [-0.1, -0.05) is 17.3 Å². The van der Waals surface area contributed by atoms with Crippen LogP contribution in [0, 0.1) is 6.92 Å². The Morgan fingerprint density at radius 2 is 1.63 bits per heavy atom. The van der Waals surface area contributed by atoms with E-state index < -0.39 is 15.4 Å². The molecular formula is C21H25N3O5S. The van der Waals surface area contributed by atoms with E-state index in [1.54, 1.807) is 63.6 Å². The van der Waals surface area contributed by atoms with Crippen LogP contribution in [0.1, 0.15) is 25.1 Å². The minimum atomic E-state index is -3.87. The predicted molar refractivity (Wildman–Crippen MR) is 111 cm³/mol. The zero-order valence-corrected chi connectivity index (χ0v) is 18.6. The van der Waals surface area contributed by atoms with E-state index in [1.807, 2.05) is 13.8 Å². The molecular weight excluding hydrogens is 406 g/mol. The number of sulfone groups is 1. The molecule has 0 aliphatic carbocycles. The Morgan fingerprint density at radius 3 is 2.20 bits per heavy atom. The van der Waals surface area contributed by atoms with Crippen LogP contribution in [0.25, 0.3) is 5.69 Å². The number of hydrogen-bond donors (Lipinski definition) is 0. The molecule has 3 aromatic rings. The van der Waals surface area contributed by atoms with Crippen LogP contribution >= 0.6 is 0 Å². The van der Waals surface area contributed by atoms with Crippen molar-refractivity contribution < 1.29 is 22.6 Å². The highest BCUT2D eigenvalue weighted by Crippen LogP contribution is 2.31. The number of nitrogens with zero attached hydrogens (tertiary/aromatic N) is 3. The topological polar surface area (TPSA) is 92.5 Å². The number of rotatable bonds is 7. The molecule has 0 fully saturated rings. The summed E-state index contributed by atoms with van der Waals surface area (Å²) in [7, 11) is 0.814. The first-order valence-electron chi connectivity index (χ1n) is 9.21. The summed E-state index contributed by atoms with van der Waals surface area (Å²) < 4.78 is 43.9. The standard InChI is InChI=1S/C21H25N3O5S/c1-14-20(22-23-24(14)18-13-16(27-4)9-12-19(18)28-5)30(25,26)17-10-7-15(8-11-17)21(2,3)29-6/h7-13H,1-6H3. The Morgan fingerprint density at radius 1 is 0.967 bits per heavy atom. The Balaban J connectivity index is 2.05. The van der Waals surface area contributed by atoms with Crippen LogP contribution in [0.5, 0.6) is 11.5 Å². The van der Waals surface area contributed by atoms with Gasteiger partial charge in [0, 0.05) is 13.2 Å². The van der Waals surface area contributed by atoms with E-state index in [0.29, 0.717) is 22.9 Å². The van der Waals surface area contributed by atoms with Crippen molar-refractivity contribution in [3.05, 3.63) is 53.7 Å². The third-order valence-electron chi connectivity index (χ3n) is 5.09. The minimum absolute atomic E-state index is 0.119. The molecule has 0 N–H and O–H groups in total. The fourth-order valence-corrected chi connectivity index (χ4v) is 4.36. The van der Waals surface area contributed by atoms with Gasteiger partial charge in [0.1, 0.15) is 17.2 Å². The van der Waals surface area contributed by atoms with E-state index >= 15 is 0 Å². The van der Waals surface area contributed by atoms with E-state index in [4.69, 9.17) is 14.2 Å². The van der Waals surface area contributed by atoms with Gasteiger partial charge in [-0.05, 0) is 50.6 Å². The summed E-state index contributed by atoms with van der Waals surface area (Å²) in [6.07, 6.45) is 0. The highest BCUT2D eigenvalue weighted by atomic mass is 32.2. The molecule has 9 heteroatoms. The van der Waals surface area contributed by atoms with Crippen LogP contribution in [0.15, 0.2) is 52.4 Å². The van der Waals surface area contributed by atoms with E-state index in [2.05, 4.69) is 10.3 Å². The molecule has 2 aromatic carbocycles. The average molecular weight is 432 g/mol. The van der Waals surface area contributed by atoms with Gasteiger partial charge >= 0.3 is 0 Å². The third kappa shape index (κ3) is 3.78. The SMILES string of the molecule is COc1ccc(OC)c(-n2nnc(S(=O)(=O)c3ccc(C(C)(C)OC)cc3)c2C)c1. The Hall–Kier alpha value is -2.91. The van der Waals surface area contributed by atoms with Crippen molar-refractivity contribution in [3.63, 3.8) is 0 Å². The Kier molecular flexibility index (Phi) is 5.87. The fraction of sp³-hybridized carbons (Fsp3) is 0.333. The van der Waals surface area contributed by atoms with Crippen LogP contribution < -0.4 is 9.47 Å². The van der Waals surface area contributed by atoms with E-state index in [9.17, 15) is 8.42 Å². The average Bonchev–Trinajstić information content (AvgIpc) is 3.15. The molecule has 0 bridgehead atoms. The number of benzene rings is 2. The quantitative estimate of drug-likeness (QED) is 0.567. The van der Waals surface area contributed by atoms with Gasteiger partial charge in [-0.2, -0.15) is 0 Å². The van der Waals surface area contributed by atoms with Gasteiger partial charge in [0.25, 0.3) is 0 Å². The third-order valence-corrected chi connectivity index (χ3v) is 6.87. The van der Waals surface area contributed by atoms with Crippen LogP contribution in [-0.4, -0.2) is 44.7 Å². The molecule has 0 radical (unpaired) electrons. The number of methoxy groups -OCH3 is 3. The second-order valence-electron chi connectivity index (χ2n) is 7.17. The molecule has 0 saturated heterocycles. The number of ether oxygens (including phenoxy) is 3. The van der Waals surface area contributed by atoms with Gasteiger partial charge in [0.15, 0.2) is 0 Å². The second-order valence-corrected chi connectivity index (χ2v) is 9.04. The molecule has 0 atom stereocenters. The summed E-state index contributed by atoms with van der Waals surface area (Å²) >= 11 is 0. The highest BCUT2D eigenvalue weighted by Gasteiger charge is 2.28. The van der Waals surface area contributed by atoms with Gasteiger partial charge in [0.2, 0.25) is 14.9 Å². The van der Waals surface area contributed by atoms with Crippen molar-refractivity contribution in [2.24, 2.45) is 0 Å². The lowest BCUT2D eigenvalue weighted by molar-refractivity contribution is 0.0192. The predicted octanol–water partition coefficient (Wildman–Crippen LogP) is 3.31. The summed E-state index contributed by atoms with van der Waals surface area (Å²) in [5.74, 6) is 1.10. The van der Waals surface area contributed by atoms with Gasteiger partial charge in [0.05, 0.1) is 30.4 Å². The molecule has 0 aliphatic heterocycles. The molecule has 0 saturated carbocycles. The lowest BCUT2D eigenvalue weighted by Gasteiger charge is -2.23. The number of aromatic nitrogens is 3. The largest absolute Gasteiger partial charge is 0.497 e.